The van der Waals surface area contributed by atoms with Crippen LogP contribution in [0.25, 0.3) is 0 Å². The van der Waals surface area contributed by atoms with Crippen LogP contribution in [-0.4, -0.2) is 42.6 Å². The van der Waals surface area contributed by atoms with Crippen molar-refractivity contribution in [2.75, 3.05) is 26.7 Å². The maximum Gasteiger partial charge on any atom is 0.259 e. The Morgan fingerprint density at radius 3 is 2.83 bits per heavy atom. The van der Waals surface area contributed by atoms with E-state index in [-0.39, 0.29) is 18.3 Å². The zero-order valence-electron chi connectivity index (χ0n) is 11.0. The fourth-order valence-electron chi connectivity index (χ4n) is 2.42. The number of rotatable bonds is 3. The summed E-state index contributed by atoms with van der Waals surface area (Å²) in [6.45, 7) is 6.21. The second kappa shape index (κ2) is 6.20. The first-order valence-electron chi connectivity index (χ1n) is 6.00. The van der Waals surface area contributed by atoms with E-state index in [1.54, 1.807) is 6.92 Å². The predicted octanol–water partition coefficient (Wildman–Crippen LogP) is 1.39. The van der Waals surface area contributed by atoms with Crippen molar-refractivity contribution in [2.24, 2.45) is 5.92 Å². The van der Waals surface area contributed by atoms with E-state index in [1.165, 1.54) is 0 Å². The monoisotopic (exact) mass is 273 g/mol. The number of aryl methyl sites for hydroxylation is 2. The van der Waals surface area contributed by atoms with E-state index >= 15 is 0 Å². The van der Waals surface area contributed by atoms with Gasteiger partial charge in [0.25, 0.3) is 5.91 Å². The Kier molecular flexibility index (Phi) is 5.16. The largest absolute Gasteiger partial charge is 0.361 e. The van der Waals surface area contributed by atoms with E-state index in [9.17, 15) is 4.79 Å². The molecule has 1 fully saturated rings. The molecule has 1 amide bonds. The Bertz CT molecular complexity index is 400. The van der Waals surface area contributed by atoms with Gasteiger partial charge in [0.15, 0.2) is 0 Å². The summed E-state index contributed by atoms with van der Waals surface area (Å²) in [4.78, 5) is 14.2. The molecular weight excluding hydrogens is 254 g/mol. The van der Waals surface area contributed by atoms with Gasteiger partial charge in [-0.15, -0.1) is 12.4 Å². The number of amides is 1. The van der Waals surface area contributed by atoms with Crippen LogP contribution < -0.4 is 5.32 Å². The molecule has 6 heteroatoms. The Hall–Kier alpha value is -1.07. The molecule has 2 heterocycles. The predicted molar refractivity (Wildman–Crippen MR) is 71.2 cm³/mol. The molecule has 1 aliphatic heterocycles. The van der Waals surface area contributed by atoms with Crippen LogP contribution in [0.1, 0.15) is 28.2 Å². The Balaban J connectivity index is 0.00000162. The quantitative estimate of drug-likeness (QED) is 0.904. The summed E-state index contributed by atoms with van der Waals surface area (Å²) in [6.07, 6.45) is 1.07. The molecule has 5 nitrogen and oxygen atoms in total. The van der Waals surface area contributed by atoms with Crippen LogP contribution in [0.15, 0.2) is 4.52 Å². The van der Waals surface area contributed by atoms with Gasteiger partial charge in [-0.2, -0.15) is 0 Å². The molecule has 2 rings (SSSR count). The maximum absolute atomic E-state index is 12.3. The van der Waals surface area contributed by atoms with E-state index in [0.717, 1.165) is 26.1 Å². The number of carbonyl (C=O) groups excluding carboxylic acids is 1. The number of hydrogen-bond acceptors (Lipinski definition) is 4. The van der Waals surface area contributed by atoms with E-state index in [1.807, 2.05) is 18.9 Å². The molecule has 1 aromatic heterocycles. The summed E-state index contributed by atoms with van der Waals surface area (Å²) in [5.74, 6) is 1.23. The van der Waals surface area contributed by atoms with Gasteiger partial charge in [0.05, 0.1) is 5.69 Å². The van der Waals surface area contributed by atoms with E-state index < -0.39 is 0 Å². The number of aromatic nitrogens is 1. The van der Waals surface area contributed by atoms with Gasteiger partial charge in [-0.25, -0.2) is 0 Å². The highest BCUT2D eigenvalue weighted by Crippen LogP contribution is 2.21. The highest BCUT2D eigenvalue weighted by atomic mass is 35.5. The first-order chi connectivity index (χ1) is 8.13. The number of carbonyl (C=O) groups is 1. The average Bonchev–Trinajstić information content (AvgIpc) is 2.87. The van der Waals surface area contributed by atoms with Crippen molar-refractivity contribution in [1.82, 2.24) is 15.4 Å². The Labute approximate surface area is 113 Å². The normalized spacial score (nSPS) is 18.8. The van der Waals surface area contributed by atoms with Crippen LogP contribution in [0.3, 0.4) is 0 Å². The smallest absolute Gasteiger partial charge is 0.259 e. The third kappa shape index (κ3) is 2.84. The van der Waals surface area contributed by atoms with Crippen LogP contribution in [0.5, 0.6) is 0 Å². The average molecular weight is 274 g/mol. The van der Waals surface area contributed by atoms with Gasteiger partial charge in [-0.05, 0) is 39.8 Å². The molecule has 1 aliphatic rings. The summed E-state index contributed by atoms with van der Waals surface area (Å²) in [5.41, 5.74) is 1.32. The molecule has 0 radical (unpaired) electrons. The zero-order valence-corrected chi connectivity index (χ0v) is 11.8. The van der Waals surface area contributed by atoms with Crippen LogP contribution in [0.2, 0.25) is 0 Å². The minimum atomic E-state index is 0. The summed E-state index contributed by atoms with van der Waals surface area (Å²) in [5, 5.41) is 6.99. The van der Waals surface area contributed by atoms with Gasteiger partial charge in [-0.3, -0.25) is 4.79 Å². The van der Waals surface area contributed by atoms with Crippen molar-refractivity contribution in [1.29, 1.82) is 0 Å². The Morgan fingerprint density at radius 1 is 1.56 bits per heavy atom. The van der Waals surface area contributed by atoms with Crippen LogP contribution in [0, 0.1) is 19.8 Å². The molecule has 0 spiro atoms. The SMILES string of the molecule is CNCC1CCN(C(=O)c2c(C)noc2C)C1.Cl. The molecule has 18 heavy (non-hydrogen) atoms. The molecule has 102 valence electrons. The van der Waals surface area contributed by atoms with Gasteiger partial charge in [0.2, 0.25) is 0 Å². The van der Waals surface area contributed by atoms with Gasteiger partial charge >= 0.3 is 0 Å². The molecule has 1 saturated heterocycles. The summed E-state index contributed by atoms with van der Waals surface area (Å²) in [7, 11) is 1.94. The zero-order chi connectivity index (χ0) is 12.4. The minimum Gasteiger partial charge on any atom is -0.361 e. The molecule has 1 unspecified atom stereocenters. The molecule has 0 bridgehead atoms. The summed E-state index contributed by atoms with van der Waals surface area (Å²) < 4.78 is 5.04. The van der Waals surface area contributed by atoms with E-state index in [0.29, 0.717) is 22.9 Å². The lowest BCUT2D eigenvalue weighted by atomic mass is 10.1. The van der Waals surface area contributed by atoms with Crippen molar-refractivity contribution in [2.45, 2.75) is 20.3 Å². The fourth-order valence-corrected chi connectivity index (χ4v) is 2.42. The second-order valence-electron chi connectivity index (χ2n) is 4.66. The molecular formula is C12H20ClN3O2. The fraction of sp³-hybridized carbons (Fsp3) is 0.667. The second-order valence-corrected chi connectivity index (χ2v) is 4.66. The number of halogens is 1. The number of nitrogens with zero attached hydrogens (tertiary/aromatic N) is 2. The molecule has 0 saturated carbocycles. The topological polar surface area (TPSA) is 58.4 Å². The van der Waals surface area contributed by atoms with Crippen molar-refractivity contribution < 1.29 is 9.32 Å². The van der Waals surface area contributed by atoms with Crippen molar-refractivity contribution in [3.8, 4) is 0 Å². The third-order valence-electron chi connectivity index (χ3n) is 3.31. The highest BCUT2D eigenvalue weighted by Gasteiger charge is 2.29. The molecule has 0 aliphatic carbocycles. The maximum atomic E-state index is 12.3. The Morgan fingerprint density at radius 2 is 2.28 bits per heavy atom. The molecule has 0 aromatic carbocycles. The number of nitrogens with one attached hydrogen (secondary N) is 1. The standard InChI is InChI=1S/C12H19N3O2.ClH/c1-8-11(9(2)17-14-8)12(16)15-5-4-10(7-15)6-13-3;/h10,13H,4-7H2,1-3H3;1H. The van der Waals surface area contributed by atoms with E-state index in [2.05, 4.69) is 10.5 Å². The third-order valence-corrected chi connectivity index (χ3v) is 3.31. The highest BCUT2D eigenvalue weighted by molar-refractivity contribution is 5.96. The van der Waals surface area contributed by atoms with Crippen molar-refractivity contribution >= 4 is 18.3 Å². The molecule has 1 aromatic rings. The lowest BCUT2D eigenvalue weighted by Crippen LogP contribution is -2.30. The number of likely N-dealkylation sites (tertiary alicyclic amines) is 1. The molecule has 1 N–H and O–H groups in total. The van der Waals surface area contributed by atoms with Crippen LogP contribution in [-0.2, 0) is 0 Å². The minimum absolute atomic E-state index is 0. The number of hydrogen-bond donors (Lipinski definition) is 1. The van der Waals surface area contributed by atoms with Gasteiger partial charge in [0.1, 0.15) is 11.3 Å². The van der Waals surface area contributed by atoms with Crippen LogP contribution in [0.4, 0.5) is 0 Å². The first kappa shape index (κ1) is 15.0. The molecule has 1 atom stereocenters. The van der Waals surface area contributed by atoms with Crippen molar-refractivity contribution in [3.63, 3.8) is 0 Å². The van der Waals surface area contributed by atoms with Gasteiger partial charge < -0.3 is 14.7 Å². The summed E-state index contributed by atoms with van der Waals surface area (Å²) in [6, 6.07) is 0. The van der Waals surface area contributed by atoms with E-state index in [4.69, 9.17) is 4.52 Å². The lowest BCUT2D eigenvalue weighted by Gasteiger charge is -2.16. The first-order valence-corrected chi connectivity index (χ1v) is 6.00. The van der Waals surface area contributed by atoms with Gasteiger partial charge in [-0.1, -0.05) is 5.16 Å². The summed E-state index contributed by atoms with van der Waals surface area (Å²) >= 11 is 0. The lowest BCUT2D eigenvalue weighted by molar-refractivity contribution is 0.0785. The van der Waals surface area contributed by atoms with Crippen LogP contribution >= 0.6 is 12.4 Å². The van der Waals surface area contributed by atoms with Gasteiger partial charge in [0, 0.05) is 13.1 Å². The van der Waals surface area contributed by atoms with Crippen molar-refractivity contribution in [3.05, 3.63) is 17.0 Å².